The highest BCUT2D eigenvalue weighted by atomic mass is 16.5. The Hall–Kier alpha value is -2.44. The molecule has 0 spiro atoms. The predicted octanol–water partition coefficient (Wildman–Crippen LogP) is 1.60. The summed E-state index contributed by atoms with van der Waals surface area (Å²) in [5, 5.41) is 10.9. The Morgan fingerprint density at radius 2 is 2.08 bits per heavy atom. The van der Waals surface area contributed by atoms with Crippen LogP contribution >= 0.6 is 0 Å². The summed E-state index contributed by atoms with van der Waals surface area (Å²) in [5.41, 5.74) is 0.355. The first kappa shape index (κ1) is 18.4. The average molecular weight is 356 g/mol. The SMILES string of the molecule is Cc1cccc(CC(=O)N2CCOC[C@@](O)(COc3ccccc3)C2)n1. The fraction of sp³-hybridized carbons (Fsp3) is 0.400. The average Bonchev–Trinajstić information content (AvgIpc) is 2.83. The molecule has 1 aromatic heterocycles. The number of benzene rings is 1. The molecule has 6 nitrogen and oxygen atoms in total. The molecule has 0 bridgehead atoms. The highest BCUT2D eigenvalue weighted by molar-refractivity contribution is 5.78. The minimum absolute atomic E-state index is 0.0590. The lowest BCUT2D eigenvalue weighted by Crippen LogP contribution is -2.50. The zero-order valence-electron chi connectivity index (χ0n) is 14.9. The van der Waals surface area contributed by atoms with Gasteiger partial charge < -0.3 is 19.5 Å². The Morgan fingerprint density at radius 3 is 2.85 bits per heavy atom. The molecule has 1 aromatic carbocycles. The summed E-state index contributed by atoms with van der Waals surface area (Å²) in [4.78, 5) is 18.7. The van der Waals surface area contributed by atoms with E-state index in [1.807, 2.05) is 55.5 Å². The molecule has 3 rings (SSSR count). The molecular formula is C20H24N2O4. The maximum atomic E-state index is 12.7. The smallest absolute Gasteiger partial charge is 0.228 e. The van der Waals surface area contributed by atoms with Gasteiger partial charge in [-0.2, -0.15) is 0 Å². The molecule has 6 heteroatoms. The van der Waals surface area contributed by atoms with Gasteiger partial charge in [-0.15, -0.1) is 0 Å². The third kappa shape index (κ3) is 5.03. The second-order valence-electron chi connectivity index (χ2n) is 6.64. The maximum Gasteiger partial charge on any atom is 0.228 e. The number of ether oxygens (including phenoxy) is 2. The monoisotopic (exact) mass is 356 g/mol. The van der Waals surface area contributed by atoms with Crippen LogP contribution in [-0.4, -0.2) is 59.4 Å². The van der Waals surface area contributed by atoms with Crippen LogP contribution in [0.4, 0.5) is 0 Å². The molecule has 0 radical (unpaired) electrons. The molecule has 1 N–H and O–H groups in total. The van der Waals surface area contributed by atoms with Crippen molar-refractivity contribution in [3.63, 3.8) is 0 Å². The van der Waals surface area contributed by atoms with E-state index in [0.717, 1.165) is 11.4 Å². The molecule has 26 heavy (non-hydrogen) atoms. The van der Waals surface area contributed by atoms with Crippen LogP contribution in [-0.2, 0) is 16.0 Å². The topological polar surface area (TPSA) is 71.9 Å². The Morgan fingerprint density at radius 1 is 1.27 bits per heavy atom. The van der Waals surface area contributed by atoms with E-state index in [4.69, 9.17) is 9.47 Å². The van der Waals surface area contributed by atoms with Crippen molar-refractivity contribution < 1.29 is 19.4 Å². The lowest BCUT2D eigenvalue weighted by atomic mass is 10.1. The van der Waals surface area contributed by atoms with E-state index in [0.29, 0.717) is 18.9 Å². The molecule has 2 aromatic rings. The second-order valence-corrected chi connectivity index (χ2v) is 6.64. The zero-order chi connectivity index (χ0) is 18.4. The van der Waals surface area contributed by atoms with Gasteiger partial charge in [0.05, 0.1) is 26.2 Å². The van der Waals surface area contributed by atoms with Gasteiger partial charge in [-0.25, -0.2) is 0 Å². The summed E-state index contributed by atoms with van der Waals surface area (Å²) in [5.74, 6) is 0.596. The number of amides is 1. The molecular weight excluding hydrogens is 332 g/mol. The number of hydrogen-bond donors (Lipinski definition) is 1. The highest BCUT2D eigenvalue weighted by Crippen LogP contribution is 2.17. The zero-order valence-corrected chi connectivity index (χ0v) is 14.9. The number of aliphatic hydroxyl groups is 1. The van der Waals surface area contributed by atoms with Crippen molar-refractivity contribution in [2.75, 3.05) is 32.9 Å². The van der Waals surface area contributed by atoms with Gasteiger partial charge in [-0.05, 0) is 31.2 Å². The highest BCUT2D eigenvalue weighted by Gasteiger charge is 2.35. The normalized spacial score (nSPS) is 20.5. The summed E-state index contributed by atoms with van der Waals surface area (Å²) in [6.45, 7) is 3.09. The Balaban J connectivity index is 1.63. The van der Waals surface area contributed by atoms with Crippen LogP contribution in [0.2, 0.25) is 0 Å². The number of aromatic nitrogens is 1. The maximum absolute atomic E-state index is 12.7. The van der Waals surface area contributed by atoms with Crippen LogP contribution in [0.3, 0.4) is 0 Å². The molecule has 2 heterocycles. The van der Waals surface area contributed by atoms with Crippen molar-refractivity contribution >= 4 is 5.91 Å². The first-order valence-electron chi connectivity index (χ1n) is 8.72. The summed E-state index contributed by atoms with van der Waals surface area (Å²) >= 11 is 0. The van der Waals surface area contributed by atoms with Crippen LogP contribution in [0.15, 0.2) is 48.5 Å². The first-order chi connectivity index (χ1) is 12.5. The minimum atomic E-state index is -1.25. The lowest BCUT2D eigenvalue weighted by molar-refractivity contribution is -0.134. The lowest BCUT2D eigenvalue weighted by Gasteiger charge is -2.30. The van der Waals surface area contributed by atoms with Crippen LogP contribution in [0, 0.1) is 6.92 Å². The number of pyridine rings is 1. The molecule has 1 aliphatic heterocycles. The van der Waals surface area contributed by atoms with Crippen LogP contribution in [0.5, 0.6) is 5.75 Å². The minimum Gasteiger partial charge on any atom is -0.490 e. The van der Waals surface area contributed by atoms with E-state index in [-0.39, 0.29) is 32.1 Å². The summed E-state index contributed by atoms with van der Waals surface area (Å²) in [7, 11) is 0. The van der Waals surface area contributed by atoms with Crippen molar-refractivity contribution in [1.29, 1.82) is 0 Å². The van der Waals surface area contributed by atoms with Gasteiger partial charge in [0.25, 0.3) is 0 Å². The standard InChI is InChI=1S/C20H24N2O4/c1-16-6-5-7-17(21-16)12-19(23)22-10-11-25-14-20(24,13-22)15-26-18-8-3-2-4-9-18/h2-9,24H,10-15H2,1H3/t20-/m1/s1. The third-order valence-electron chi connectivity index (χ3n) is 4.24. The summed E-state index contributed by atoms with van der Waals surface area (Å²) in [6.07, 6.45) is 0.206. The number of nitrogens with zero attached hydrogens (tertiary/aromatic N) is 2. The van der Waals surface area contributed by atoms with E-state index in [9.17, 15) is 9.90 Å². The van der Waals surface area contributed by atoms with Crippen LogP contribution < -0.4 is 4.74 Å². The molecule has 1 fully saturated rings. The summed E-state index contributed by atoms with van der Waals surface area (Å²) < 4.78 is 11.2. The molecule has 0 saturated carbocycles. The largest absolute Gasteiger partial charge is 0.490 e. The van der Waals surface area contributed by atoms with E-state index in [2.05, 4.69) is 4.98 Å². The van der Waals surface area contributed by atoms with E-state index >= 15 is 0 Å². The number of β-amino-alcohol motifs (C(OH)–C–C–N with tert-alkyl or cyclic N) is 1. The van der Waals surface area contributed by atoms with Crippen molar-refractivity contribution in [3.8, 4) is 5.75 Å². The van der Waals surface area contributed by atoms with Crippen LogP contribution in [0.1, 0.15) is 11.4 Å². The molecule has 1 atom stereocenters. The van der Waals surface area contributed by atoms with Gasteiger partial charge in [0, 0.05) is 17.9 Å². The Bertz CT molecular complexity index is 738. The molecule has 138 valence electrons. The fourth-order valence-corrected chi connectivity index (χ4v) is 2.92. The van der Waals surface area contributed by atoms with Crippen molar-refractivity contribution in [2.24, 2.45) is 0 Å². The quantitative estimate of drug-likeness (QED) is 0.881. The molecule has 1 saturated heterocycles. The van der Waals surface area contributed by atoms with Crippen LogP contribution in [0.25, 0.3) is 0 Å². The first-order valence-corrected chi connectivity index (χ1v) is 8.72. The number of carbonyl (C=O) groups is 1. The van der Waals surface area contributed by atoms with E-state index < -0.39 is 5.60 Å². The van der Waals surface area contributed by atoms with Gasteiger partial charge in [-0.3, -0.25) is 9.78 Å². The van der Waals surface area contributed by atoms with Gasteiger partial charge in [0.1, 0.15) is 18.0 Å². The fourth-order valence-electron chi connectivity index (χ4n) is 2.92. The number of aryl methyl sites for hydroxylation is 1. The predicted molar refractivity (Wildman–Crippen MR) is 97.0 cm³/mol. The molecule has 0 unspecified atom stereocenters. The molecule has 0 aliphatic carbocycles. The Kier molecular flexibility index (Phi) is 5.85. The van der Waals surface area contributed by atoms with E-state index in [1.165, 1.54) is 0 Å². The van der Waals surface area contributed by atoms with Gasteiger partial charge in [0.15, 0.2) is 0 Å². The summed E-state index contributed by atoms with van der Waals surface area (Å²) in [6, 6.07) is 14.9. The molecule has 1 aliphatic rings. The van der Waals surface area contributed by atoms with Gasteiger partial charge in [-0.1, -0.05) is 24.3 Å². The number of para-hydroxylation sites is 1. The van der Waals surface area contributed by atoms with Crippen molar-refractivity contribution in [2.45, 2.75) is 18.9 Å². The molecule has 1 amide bonds. The Labute approximate surface area is 153 Å². The van der Waals surface area contributed by atoms with Crippen molar-refractivity contribution in [1.82, 2.24) is 9.88 Å². The van der Waals surface area contributed by atoms with Gasteiger partial charge in [0.2, 0.25) is 5.91 Å². The van der Waals surface area contributed by atoms with Crippen molar-refractivity contribution in [3.05, 3.63) is 59.9 Å². The number of hydrogen-bond acceptors (Lipinski definition) is 5. The second kappa shape index (κ2) is 8.29. The third-order valence-corrected chi connectivity index (χ3v) is 4.24. The van der Waals surface area contributed by atoms with Gasteiger partial charge >= 0.3 is 0 Å². The number of carbonyl (C=O) groups excluding carboxylic acids is 1. The van der Waals surface area contributed by atoms with E-state index in [1.54, 1.807) is 4.90 Å². The number of rotatable bonds is 5.